The van der Waals surface area contributed by atoms with Gasteiger partial charge in [-0.3, -0.25) is 0 Å². The van der Waals surface area contributed by atoms with Gasteiger partial charge in [-0.05, 0) is 117 Å². The Morgan fingerprint density at radius 2 is 0.885 bits per heavy atom. The van der Waals surface area contributed by atoms with E-state index in [4.69, 9.17) is 4.42 Å². The van der Waals surface area contributed by atoms with Crippen LogP contribution in [0.4, 0.5) is 17.1 Å². The lowest BCUT2D eigenvalue weighted by atomic mass is 9.98. The molecule has 12 rings (SSSR count). The molecular weight excluding hydrogens is 741 g/mol. The van der Waals surface area contributed by atoms with Crippen LogP contribution in [-0.2, 0) is 0 Å². The number of nitrogens with zero attached hydrogens (tertiary/aromatic N) is 2. The fourth-order valence-electron chi connectivity index (χ4n) is 9.23. The van der Waals surface area contributed by atoms with Crippen LogP contribution in [0.1, 0.15) is 0 Å². The average molecular weight is 779 g/mol. The molecule has 0 aliphatic carbocycles. The van der Waals surface area contributed by atoms with Gasteiger partial charge in [0.15, 0.2) is 0 Å². The van der Waals surface area contributed by atoms with E-state index in [9.17, 15) is 0 Å². The van der Waals surface area contributed by atoms with E-state index in [0.29, 0.717) is 0 Å². The van der Waals surface area contributed by atoms with Crippen molar-refractivity contribution in [2.75, 3.05) is 4.90 Å². The summed E-state index contributed by atoms with van der Waals surface area (Å²) in [5.41, 5.74) is 15.6. The first-order valence-electron chi connectivity index (χ1n) is 20.8. The summed E-state index contributed by atoms with van der Waals surface area (Å²) in [6.07, 6.45) is 0. The molecule has 0 saturated carbocycles. The maximum Gasteiger partial charge on any atom is 0.135 e. The first-order chi connectivity index (χ1) is 30.2. The van der Waals surface area contributed by atoms with Crippen molar-refractivity contribution in [2.45, 2.75) is 0 Å². The fourth-order valence-corrected chi connectivity index (χ4v) is 9.23. The Kier molecular flexibility index (Phi) is 8.17. The lowest BCUT2D eigenvalue weighted by molar-refractivity contribution is 0.669. The van der Waals surface area contributed by atoms with Crippen molar-refractivity contribution < 1.29 is 4.42 Å². The maximum absolute atomic E-state index is 6.15. The fraction of sp³-hybridized carbons (Fsp3) is 0. The molecule has 0 aliphatic heterocycles. The number of aromatic nitrogens is 1. The standard InChI is InChI=1S/C58H38N2O/c1-2-13-42-36-45(25-24-39(42)12-1)49-16-3-7-20-54(49)59(47-33-28-41(29-34-47)44-30-35-58-53(38-44)52-19-6-10-23-57(52)61-58)46-31-26-40(27-32-46)43-14-11-15-48(37-43)60-55-21-8-4-17-50(55)51-18-5-9-22-56(51)60/h1-38H. The number of rotatable bonds is 7. The van der Waals surface area contributed by atoms with Gasteiger partial charge in [0.25, 0.3) is 0 Å². The van der Waals surface area contributed by atoms with E-state index in [1.54, 1.807) is 0 Å². The number of anilines is 3. The highest BCUT2D eigenvalue weighted by Gasteiger charge is 2.19. The zero-order valence-corrected chi connectivity index (χ0v) is 33.2. The Balaban J connectivity index is 0.957. The molecule has 0 radical (unpaired) electrons. The molecule has 10 aromatic carbocycles. The largest absolute Gasteiger partial charge is 0.456 e. The summed E-state index contributed by atoms with van der Waals surface area (Å²) in [6.45, 7) is 0. The maximum atomic E-state index is 6.15. The van der Waals surface area contributed by atoms with Gasteiger partial charge in [-0.15, -0.1) is 0 Å². The van der Waals surface area contributed by atoms with Crippen LogP contribution < -0.4 is 4.90 Å². The van der Waals surface area contributed by atoms with Gasteiger partial charge in [-0.2, -0.15) is 0 Å². The molecule has 0 aliphatic rings. The molecule has 0 bridgehead atoms. The molecule has 0 unspecified atom stereocenters. The molecule has 12 aromatic rings. The molecule has 2 aromatic heterocycles. The first kappa shape index (κ1) is 34.9. The predicted octanol–water partition coefficient (Wildman–Crippen LogP) is 16.3. The molecule has 0 spiro atoms. The van der Waals surface area contributed by atoms with Crippen LogP contribution >= 0.6 is 0 Å². The average Bonchev–Trinajstić information content (AvgIpc) is 3.88. The molecule has 286 valence electrons. The second-order valence-electron chi connectivity index (χ2n) is 15.7. The number of para-hydroxylation sites is 4. The van der Waals surface area contributed by atoms with E-state index in [2.05, 4.69) is 228 Å². The number of benzene rings is 10. The van der Waals surface area contributed by atoms with Crippen molar-refractivity contribution in [2.24, 2.45) is 0 Å². The van der Waals surface area contributed by atoms with Gasteiger partial charge < -0.3 is 13.9 Å². The Bertz CT molecular complexity index is 3540. The van der Waals surface area contributed by atoms with Crippen LogP contribution in [0.3, 0.4) is 0 Å². The summed E-state index contributed by atoms with van der Waals surface area (Å²) in [5.74, 6) is 0. The van der Waals surface area contributed by atoms with Gasteiger partial charge in [0.2, 0.25) is 0 Å². The van der Waals surface area contributed by atoms with Crippen LogP contribution in [0.25, 0.3) is 93.6 Å². The van der Waals surface area contributed by atoms with Crippen molar-refractivity contribution in [3.05, 3.63) is 231 Å². The van der Waals surface area contributed by atoms with E-state index in [1.165, 1.54) is 43.7 Å². The van der Waals surface area contributed by atoms with E-state index < -0.39 is 0 Å². The second-order valence-corrected chi connectivity index (χ2v) is 15.7. The van der Waals surface area contributed by atoms with Gasteiger partial charge in [0.1, 0.15) is 11.2 Å². The normalized spacial score (nSPS) is 11.6. The molecule has 3 heteroatoms. The van der Waals surface area contributed by atoms with Gasteiger partial charge in [-0.1, -0.05) is 152 Å². The monoisotopic (exact) mass is 778 g/mol. The Morgan fingerprint density at radius 3 is 1.62 bits per heavy atom. The van der Waals surface area contributed by atoms with Crippen molar-refractivity contribution >= 4 is 71.6 Å². The molecule has 2 heterocycles. The van der Waals surface area contributed by atoms with E-state index in [1.807, 2.05) is 12.1 Å². The van der Waals surface area contributed by atoms with Gasteiger partial charge in [-0.25, -0.2) is 0 Å². The zero-order valence-electron chi connectivity index (χ0n) is 33.2. The summed E-state index contributed by atoms with van der Waals surface area (Å²) < 4.78 is 8.53. The van der Waals surface area contributed by atoms with Gasteiger partial charge >= 0.3 is 0 Å². The Labute approximate surface area is 353 Å². The minimum Gasteiger partial charge on any atom is -0.456 e. The topological polar surface area (TPSA) is 21.3 Å². The molecule has 3 nitrogen and oxygen atoms in total. The highest BCUT2D eigenvalue weighted by molar-refractivity contribution is 6.09. The quantitative estimate of drug-likeness (QED) is 0.161. The van der Waals surface area contributed by atoms with Gasteiger partial charge in [0, 0.05) is 44.2 Å². The van der Waals surface area contributed by atoms with E-state index in [0.717, 1.165) is 66.9 Å². The highest BCUT2D eigenvalue weighted by Crippen LogP contribution is 2.43. The van der Waals surface area contributed by atoms with Crippen LogP contribution in [0.15, 0.2) is 235 Å². The van der Waals surface area contributed by atoms with E-state index in [-0.39, 0.29) is 0 Å². The second kappa shape index (κ2) is 14.3. The first-order valence-corrected chi connectivity index (χ1v) is 20.8. The minimum absolute atomic E-state index is 0.903. The molecule has 0 N–H and O–H groups in total. The summed E-state index contributed by atoms with van der Waals surface area (Å²) in [5, 5.41) is 7.24. The predicted molar refractivity (Wildman–Crippen MR) is 257 cm³/mol. The van der Waals surface area contributed by atoms with E-state index >= 15 is 0 Å². The van der Waals surface area contributed by atoms with Crippen LogP contribution in [-0.4, -0.2) is 4.57 Å². The molecule has 0 saturated heterocycles. The van der Waals surface area contributed by atoms with Crippen LogP contribution in [0.5, 0.6) is 0 Å². The Morgan fingerprint density at radius 1 is 0.328 bits per heavy atom. The smallest absolute Gasteiger partial charge is 0.135 e. The van der Waals surface area contributed by atoms with Crippen molar-refractivity contribution in [1.29, 1.82) is 0 Å². The molecular formula is C58H38N2O. The SMILES string of the molecule is c1cc(-c2ccc(N(c3ccc(-c4ccc5oc6ccccc6c5c4)cc3)c3ccccc3-c3ccc4ccccc4c3)cc2)cc(-n2c3ccccc3c3ccccc32)c1. The number of hydrogen-bond donors (Lipinski definition) is 0. The Hall–Kier alpha value is -8.14. The summed E-state index contributed by atoms with van der Waals surface area (Å²) in [6, 6.07) is 83.1. The highest BCUT2D eigenvalue weighted by atomic mass is 16.3. The third-order valence-corrected chi connectivity index (χ3v) is 12.2. The summed E-state index contributed by atoms with van der Waals surface area (Å²) >= 11 is 0. The number of hydrogen-bond acceptors (Lipinski definition) is 2. The minimum atomic E-state index is 0.903. The van der Waals surface area contributed by atoms with Crippen molar-refractivity contribution in [3.8, 4) is 39.1 Å². The molecule has 61 heavy (non-hydrogen) atoms. The molecule has 0 fully saturated rings. The third kappa shape index (κ3) is 5.98. The number of furan rings is 1. The summed E-state index contributed by atoms with van der Waals surface area (Å²) in [4.78, 5) is 2.39. The van der Waals surface area contributed by atoms with Gasteiger partial charge in [0.05, 0.1) is 16.7 Å². The van der Waals surface area contributed by atoms with Crippen LogP contribution in [0.2, 0.25) is 0 Å². The molecule has 0 atom stereocenters. The van der Waals surface area contributed by atoms with Crippen LogP contribution in [0, 0.1) is 0 Å². The third-order valence-electron chi connectivity index (χ3n) is 12.2. The lowest BCUT2D eigenvalue weighted by Crippen LogP contribution is -2.11. The molecule has 0 amide bonds. The van der Waals surface area contributed by atoms with Crippen molar-refractivity contribution in [3.63, 3.8) is 0 Å². The zero-order chi connectivity index (χ0) is 40.3. The lowest BCUT2D eigenvalue weighted by Gasteiger charge is -2.28. The summed E-state index contributed by atoms with van der Waals surface area (Å²) in [7, 11) is 0. The van der Waals surface area contributed by atoms with Crippen molar-refractivity contribution in [1.82, 2.24) is 4.57 Å². The number of fused-ring (bicyclic) bond motifs is 7.